The number of carbonyl (C=O) groups excluding carboxylic acids is 3. The van der Waals surface area contributed by atoms with Gasteiger partial charge in [0.2, 0.25) is 5.91 Å². The van der Waals surface area contributed by atoms with Crippen LogP contribution in [0.2, 0.25) is 0 Å². The molecule has 0 spiro atoms. The van der Waals surface area contributed by atoms with Crippen molar-refractivity contribution in [2.45, 2.75) is 39.3 Å². The highest BCUT2D eigenvalue weighted by Crippen LogP contribution is 2.28. The lowest BCUT2D eigenvalue weighted by Crippen LogP contribution is -2.24. The predicted molar refractivity (Wildman–Crippen MR) is 106 cm³/mol. The van der Waals surface area contributed by atoms with Crippen LogP contribution in [0.1, 0.15) is 53.0 Å². The summed E-state index contributed by atoms with van der Waals surface area (Å²) in [7, 11) is 0. The lowest BCUT2D eigenvalue weighted by atomic mass is 10.1. The van der Waals surface area contributed by atoms with Crippen LogP contribution in [0.15, 0.2) is 48.5 Å². The van der Waals surface area contributed by atoms with Crippen molar-refractivity contribution in [1.29, 1.82) is 0 Å². The van der Waals surface area contributed by atoms with Crippen molar-refractivity contribution >= 4 is 23.5 Å². The van der Waals surface area contributed by atoms with E-state index in [1.54, 1.807) is 50.2 Å². The highest BCUT2D eigenvalue weighted by atomic mass is 16.5. The van der Waals surface area contributed by atoms with Crippen molar-refractivity contribution < 1.29 is 19.1 Å². The van der Waals surface area contributed by atoms with E-state index in [-0.39, 0.29) is 23.8 Å². The average molecular weight is 380 g/mol. The summed E-state index contributed by atoms with van der Waals surface area (Å²) in [6.45, 7) is 4.02. The predicted octanol–water partition coefficient (Wildman–Crippen LogP) is 3.53. The van der Waals surface area contributed by atoms with E-state index in [0.29, 0.717) is 23.4 Å². The zero-order chi connectivity index (χ0) is 20.1. The fourth-order valence-electron chi connectivity index (χ4n) is 2.66. The Kier molecular flexibility index (Phi) is 6.09. The quantitative estimate of drug-likeness (QED) is 0.720. The first-order valence-electron chi connectivity index (χ1n) is 9.41. The number of nitrogens with one attached hydrogen (secondary N) is 2. The number of hydrogen-bond donors (Lipinski definition) is 2. The Labute approximate surface area is 164 Å². The molecule has 1 saturated carbocycles. The first kappa shape index (κ1) is 19.6. The Bertz CT molecular complexity index is 870. The summed E-state index contributed by atoms with van der Waals surface area (Å²) >= 11 is 0. The zero-order valence-electron chi connectivity index (χ0n) is 16.0. The third-order valence-corrected chi connectivity index (χ3v) is 4.33. The minimum absolute atomic E-state index is 0.0951. The number of esters is 1. The molecule has 2 aromatic rings. The molecule has 1 fully saturated rings. The molecule has 2 amide bonds. The molecule has 146 valence electrons. The Morgan fingerprint density at radius 2 is 1.75 bits per heavy atom. The van der Waals surface area contributed by atoms with Crippen LogP contribution < -0.4 is 10.6 Å². The van der Waals surface area contributed by atoms with Gasteiger partial charge in [0.1, 0.15) is 0 Å². The molecular formula is C22H24N2O4. The molecule has 0 bridgehead atoms. The van der Waals surface area contributed by atoms with E-state index >= 15 is 0 Å². The molecule has 0 saturated heterocycles. The minimum Gasteiger partial charge on any atom is -0.459 e. The zero-order valence-corrected chi connectivity index (χ0v) is 16.0. The SMILES string of the molecule is CC(C)OC(=O)c1cccc(NC(=O)c2ccc(CNC(=O)C3CC3)cc2)c1. The van der Waals surface area contributed by atoms with Gasteiger partial charge < -0.3 is 15.4 Å². The van der Waals surface area contributed by atoms with Gasteiger partial charge in [-0.05, 0) is 62.6 Å². The van der Waals surface area contributed by atoms with Crippen molar-refractivity contribution in [2.24, 2.45) is 5.92 Å². The van der Waals surface area contributed by atoms with E-state index < -0.39 is 5.97 Å². The number of anilines is 1. The van der Waals surface area contributed by atoms with Crippen LogP contribution >= 0.6 is 0 Å². The van der Waals surface area contributed by atoms with E-state index in [4.69, 9.17) is 4.74 Å². The van der Waals surface area contributed by atoms with Crippen molar-refractivity contribution in [3.8, 4) is 0 Å². The molecular weight excluding hydrogens is 356 g/mol. The fourth-order valence-corrected chi connectivity index (χ4v) is 2.66. The van der Waals surface area contributed by atoms with E-state index in [9.17, 15) is 14.4 Å². The van der Waals surface area contributed by atoms with Gasteiger partial charge in [0.15, 0.2) is 0 Å². The maximum Gasteiger partial charge on any atom is 0.338 e. The third kappa shape index (κ3) is 5.42. The second-order valence-corrected chi connectivity index (χ2v) is 7.18. The van der Waals surface area contributed by atoms with Gasteiger partial charge in [-0.3, -0.25) is 9.59 Å². The molecule has 0 unspecified atom stereocenters. The maximum absolute atomic E-state index is 12.5. The number of carbonyl (C=O) groups is 3. The molecule has 2 N–H and O–H groups in total. The molecule has 0 atom stereocenters. The van der Waals surface area contributed by atoms with Crippen molar-refractivity contribution in [3.05, 3.63) is 65.2 Å². The smallest absolute Gasteiger partial charge is 0.338 e. The summed E-state index contributed by atoms with van der Waals surface area (Å²) in [5.41, 5.74) is 2.33. The van der Waals surface area contributed by atoms with E-state index in [0.717, 1.165) is 18.4 Å². The molecule has 0 heterocycles. The van der Waals surface area contributed by atoms with Crippen molar-refractivity contribution in [1.82, 2.24) is 5.32 Å². The largest absolute Gasteiger partial charge is 0.459 e. The Hall–Kier alpha value is -3.15. The molecule has 6 nitrogen and oxygen atoms in total. The van der Waals surface area contributed by atoms with Gasteiger partial charge in [-0.1, -0.05) is 18.2 Å². The highest BCUT2D eigenvalue weighted by Gasteiger charge is 2.29. The second kappa shape index (κ2) is 8.69. The van der Waals surface area contributed by atoms with Crippen LogP contribution in [0.5, 0.6) is 0 Å². The first-order chi connectivity index (χ1) is 13.4. The van der Waals surface area contributed by atoms with Gasteiger partial charge in [0.25, 0.3) is 5.91 Å². The molecule has 6 heteroatoms. The van der Waals surface area contributed by atoms with Crippen molar-refractivity contribution in [3.63, 3.8) is 0 Å². The van der Waals surface area contributed by atoms with Crippen LogP contribution in [0, 0.1) is 5.92 Å². The minimum atomic E-state index is -0.427. The topological polar surface area (TPSA) is 84.5 Å². The summed E-state index contributed by atoms with van der Waals surface area (Å²) < 4.78 is 5.17. The lowest BCUT2D eigenvalue weighted by Gasteiger charge is -2.10. The van der Waals surface area contributed by atoms with Crippen LogP contribution in [0.3, 0.4) is 0 Å². The molecule has 0 radical (unpaired) electrons. The normalized spacial score (nSPS) is 13.1. The Morgan fingerprint density at radius 1 is 1.04 bits per heavy atom. The monoisotopic (exact) mass is 380 g/mol. The highest BCUT2D eigenvalue weighted by molar-refractivity contribution is 6.04. The van der Waals surface area contributed by atoms with Crippen LogP contribution in [0.4, 0.5) is 5.69 Å². The number of hydrogen-bond acceptors (Lipinski definition) is 4. The van der Waals surface area contributed by atoms with Gasteiger partial charge in [-0.25, -0.2) is 4.79 Å². The van der Waals surface area contributed by atoms with E-state index in [2.05, 4.69) is 10.6 Å². The third-order valence-electron chi connectivity index (χ3n) is 4.33. The molecule has 3 rings (SSSR count). The van der Waals surface area contributed by atoms with Crippen LogP contribution in [0.25, 0.3) is 0 Å². The summed E-state index contributed by atoms with van der Waals surface area (Å²) in [6, 6.07) is 13.7. The lowest BCUT2D eigenvalue weighted by molar-refractivity contribution is -0.122. The fraction of sp³-hybridized carbons (Fsp3) is 0.318. The van der Waals surface area contributed by atoms with Gasteiger partial charge >= 0.3 is 5.97 Å². The molecule has 2 aromatic carbocycles. The molecule has 0 aromatic heterocycles. The first-order valence-corrected chi connectivity index (χ1v) is 9.41. The molecule has 1 aliphatic rings. The van der Waals surface area contributed by atoms with Crippen LogP contribution in [-0.4, -0.2) is 23.9 Å². The Balaban J connectivity index is 1.58. The number of rotatable bonds is 7. The van der Waals surface area contributed by atoms with Crippen LogP contribution in [-0.2, 0) is 16.1 Å². The number of amides is 2. The number of ether oxygens (including phenoxy) is 1. The van der Waals surface area contributed by atoms with Gasteiger partial charge in [0.05, 0.1) is 11.7 Å². The summed E-state index contributed by atoms with van der Waals surface area (Å²) in [5, 5.41) is 5.68. The summed E-state index contributed by atoms with van der Waals surface area (Å²) in [6.07, 6.45) is 1.74. The van der Waals surface area contributed by atoms with Crippen molar-refractivity contribution in [2.75, 3.05) is 5.32 Å². The van der Waals surface area contributed by atoms with E-state index in [1.807, 2.05) is 12.1 Å². The Morgan fingerprint density at radius 3 is 2.39 bits per heavy atom. The van der Waals surface area contributed by atoms with Gasteiger partial charge in [0, 0.05) is 23.7 Å². The van der Waals surface area contributed by atoms with Gasteiger partial charge in [-0.15, -0.1) is 0 Å². The average Bonchev–Trinajstić information content (AvgIpc) is 3.51. The summed E-state index contributed by atoms with van der Waals surface area (Å²) in [4.78, 5) is 36.1. The number of benzene rings is 2. The molecule has 0 aliphatic heterocycles. The molecule has 28 heavy (non-hydrogen) atoms. The van der Waals surface area contributed by atoms with E-state index in [1.165, 1.54) is 0 Å². The maximum atomic E-state index is 12.5. The molecule has 1 aliphatic carbocycles. The van der Waals surface area contributed by atoms with Gasteiger partial charge in [-0.2, -0.15) is 0 Å². The standard InChI is InChI=1S/C22H24N2O4/c1-14(2)28-22(27)18-4-3-5-19(12-18)24-21(26)17-8-6-15(7-9-17)13-23-20(25)16-10-11-16/h3-9,12,14,16H,10-11,13H2,1-2H3,(H,23,25)(H,24,26). The second-order valence-electron chi connectivity index (χ2n) is 7.18. The summed E-state index contributed by atoms with van der Waals surface area (Å²) in [5.74, 6) is -0.428.